The topological polar surface area (TPSA) is 42.1 Å². The van der Waals surface area contributed by atoms with E-state index in [0.717, 1.165) is 11.1 Å². The van der Waals surface area contributed by atoms with Crippen LogP contribution in [0.2, 0.25) is 0 Å². The average Bonchev–Trinajstić information content (AvgIpc) is 2.86. The summed E-state index contributed by atoms with van der Waals surface area (Å²) in [5, 5.41) is 4.03. The molecule has 4 heteroatoms. The van der Waals surface area contributed by atoms with Gasteiger partial charge in [-0.3, -0.25) is 0 Å². The molecule has 0 aliphatic rings. The van der Waals surface area contributed by atoms with Crippen molar-refractivity contribution in [2.75, 3.05) is 7.11 Å². The molecule has 3 nitrogen and oxygen atoms in total. The third kappa shape index (κ3) is 1.56. The second kappa shape index (κ2) is 3.67. The molecule has 14 heavy (non-hydrogen) atoms. The van der Waals surface area contributed by atoms with Crippen LogP contribution >= 0.6 is 11.3 Å². The summed E-state index contributed by atoms with van der Waals surface area (Å²) in [5.41, 5.74) is 2.60. The normalized spacial score (nSPS) is 10.1. The Morgan fingerprint density at radius 1 is 1.50 bits per heavy atom. The predicted molar refractivity (Wildman–Crippen MR) is 55.4 cm³/mol. The zero-order chi connectivity index (χ0) is 9.97. The van der Waals surface area contributed by atoms with Gasteiger partial charge in [0.1, 0.15) is 5.69 Å². The summed E-state index contributed by atoms with van der Waals surface area (Å²) in [6.45, 7) is 0. The highest BCUT2D eigenvalue weighted by Crippen LogP contribution is 2.22. The van der Waals surface area contributed by atoms with Crippen molar-refractivity contribution in [3.63, 3.8) is 0 Å². The van der Waals surface area contributed by atoms with Gasteiger partial charge in [0, 0.05) is 11.8 Å². The van der Waals surface area contributed by atoms with E-state index < -0.39 is 0 Å². The van der Waals surface area contributed by atoms with Crippen LogP contribution in [0.15, 0.2) is 29.1 Å². The van der Waals surface area contributed by atoms with Crippen LogP contribution in [0.4, 0.5) is 0 Å². The number of methoxy groups -OCH3 is 1. The maximum Gasteiger partial charge on any atom is 0.354 e. The molecular weight excluding hydrogens is 198 g/mol. The number of hydrogen-bond donors (Lipinski definition) is 1. The van der Waals surface area contributed by atoms with E-state index in [1.54, 1.807) is 23.6 Å². The van der Waals surface area contributed by atoms with Gasteiger partial charge in [-0.1, -0.05) is 0 Å². The number of esters is 1. The largest absolute Gasteiger partial charge is 0.464 e. The molecule has 0 bridgehead atoms. The minimum atomic E-state index is -0.341. The SMILES string of the molecule is COC(=O)c1cc(-c2ccsc2)c[nH]1. The van der Waals surface area contributed by atoms with E-state index in [-0.39, 0.29) is 5.97 Å². The Morgan fingerprint density at radius 2 is 2.36 bits per heavy atom. The highest BCUT2D eigenvalue weighted by atomic mass is 32.1. The van der Waals surface area contributed by atoms with E-state index in [0.29, 0.717) is 5.69 Å². The van der Waals surface area contributed by atoms with Gasteiger partial charge in [0.05, 0.1) is 7.11 Å². The molecule has 0 aromatic carbocycles. The summed E-state index contributed by atoms with van der Waals surface area (Å²) in [5.74, 6) is -0.341. The first-order valence-electron chi connectivity index (χ1n) is 4.10. The summed E-state index contributed by atoms with van der Waals surface area (Å²) in [6.07, 6.45) is 1.80. The standard InChI is InChI=1S/C10H9NO2S/c1-13-10(12)9-4-8(5-11-9)7-2-3-14-6-7/h2-6,11H,1H3. The smallest absolute Gasteiger partial charge is 0.354 e. The van der Waals surface area contributed by atoms with Crippen LogP contribution in [0.5, 0.6) is 0 Å². The lowest BCUT2D eigenvalue weighted by molar-refractivity contribution is 0.0595. The lowest BCUT2D eigenvalue weighted by atomic mass is 10.2. The summed E-state index contributed by atoms with van der Waals surface area (Å²) in [7, 11) is 1.37. The van der Waals surface area contributed by atoms with Crippen molar-refractivity contribution >= 4 is 17.3 Å². The first kappa shape index (κ1) is 9.02. The molecule has 0 unspecified atom stereocenters. The number of aromatic nitrogens is 1. The van der Waals surface area contributed by atoms with Gasteiger partial charge in [-0.05, 0) is 28.5 Å². The van der Waals surface area contributed by atoms with Crippen molar-refractivity contribution in [1.29, 1.82) is 0 Å². The maximum atomic E-state index is 11.1. The van der Waals surface area contributed by atoms with Gasteiger partial charge in [0.15, 0.2) is 0 Å². The molecule has 2 aromatic heterocycles. The Kier molecular flexibility index (Phi) is 2.37. The third-order valence-electron chi connectivity index (χ3n) is 1.94. The van der Waals surface area contributed by atoms with Gasteiger partial charge in [0.25, 0.3) is 0 Å². The summed E-state index contributed by atoms with van der Waals surface area (Å²) in [4.78, 5) is 14.0. The number of ether oxygens (including phenoxy) is 1. The number of carbonyl (C=O) groups excluding carboxylic acids is 1. The van der Waals surface area contributed by atoms with Gasteiger partial charge in [-0.25, -0.2) is 4.79 Å². The number of carbonyl (C=O) groups is 1. The van der Waals surface area contributed by atoms with E-state index in [1.165, 1.54) is 7.11 Å². The van der Waals surface area contributed by atoms with Gasteiger partial charge in [0.2, 0.25) is 0 Å². The van der Waals surface area contributed by atoms with Crippen molar-refractivity contribution in [2.45, 2.75) is 0 Å². The molecule has 0 radical (unpaired) electrons. The Bertz CT molecular complexity index is 431. The second-order valence-electron chi connectivity index (χ2n) is 2.81. The number of rotatable bonds is 2. The molecule has 0 spiro atoms. The Balaban J connectivity index is 2.31. The maximum absolute atomic E-state index is 11.1. The fourth-order valence-corrected chi connectivity index (χ4v) is 1.88. The molecule has 1 N–H and O–H groups in total. The highest BCUT2D eigenvalue weighted by molar-refractivity contribution is 7.08. The summed E-state index contributed by atoms with van der Waals surface area (Å²) < 4.78 is 4.60. The van der Waals surface area contributed by atoms with Crippen LogP contribution in [0.3, 0.4) is 0 Å². The monoisotopic (exact) mass is 207 g/mol. The van der Waals surface area contributed by atoms with Gasteiger partial charge >= 0.3 is 5.97 Å². The van der Waals surface area contributed by atoms with Crippen molar-refractivity contribution in [3.05, 3.63) is 34.8 Å². The van der Waals surface area contributed by atoms with Crippen molar-refractivity contribution in [1.82, 2.24) is 4.98 Å². The van der Waals surface area contributed by atoms with Gasteiger partial charge in [-0.2, -0.15) is 11.3 Å². The number of nitrogens with one attached hydrogen (secondary N) is 1. The van der Waals surface area contributed by atoms with Crippen LogP contribution in [-0.2, 0) is 4.74 Å². The van der Waals surface area contributed by atoms with Crippen molar-refractivity contribution in [2.24, 2.45) is 0 Å². The predicted octanol–water partition coefficient (Wildman–Crippen LogP) is 2.53. The molecule has 2 heterocycles. The minimum absolute atomic E-state index is 0.341. The van der Waals surface area contributed by atoms with Gasteiger partial charge < -0.3 is 9.72 Å². The molecule has 0 atom stereocenters. The van der Waals surface area contributed by atoms with E-state index in [1.807, 2.05) is 16.8 Å². The van der Waals surface area contributed by atoms with Crippen LogP contribution in [0.1, 0.15) is 10.5 Å². The van der Waals surface area contributed by atoms with Crippen LogP contribution in [0.25, 0.3) is 11.1 Å². The molecule has 2 aromatic rings. The minimum Gasteiger partial charge on any atom is -0.464 e. The second-order valence-corrected chi connectivity index (χ2v) is 3.59. The lowest BCUT2D eigenvalue weighted by Gasteiger charge is -1.92. The van der Waals surface area contributed by atoms with E-state index in [2.05, 4.69) is 9.72 Å². The highest BCUT2D eigenvalue weighted by Gasteiger charge is 2.08. The number of thiophene rings is 1. The molecule has 0 aliphatic heterocycles. The quantitative estimate of drug-likeness (QED) is 0.769. The Labute approximate surface area is 85.3 Å². The third-order valence-corrected chi connectivity index (χ3v) is 2.63. The lowest BCUT2D eigenvalue weighted by Crippen LogP contribution is -2.00. The first-order valence-corrected chi connectivity index (χ1v) is 5.05. The molecule has 0 fully saturated rings. The van der Waals surface area contributed by atoms with Crippen molar-refractivity contribution in [3.8, 4) is 11.1 Å². The van der Waals surface area contributed by atoms with Gasteiger partial charge in [-0.15, -0.1) is 0 Å². The zero-order valence-corrected chi connectivity index (χ0v) is 8.43. The van der Waals surface area contributed by atoms with Crippen LogP contribution in [-0.4, -0.2) is 18.1 Å². The summed E-state index contributed by atoms with van der Waals surface area (Å²) >= 11 is 1.63. The first-order chi connectivity index (χ1) is 6.81. The van der Waals surface area contributed by atoms with Crippen LogP contribution in [0, 0.1) is 0 Å². The molecule has 2 rings (SSSR count). The average molecular weight is 207 g/mol. The number of aromatic amines is 1. The molecular formula is C10H9NO2S. The zero-order valence-electron chi connectivity index (χ0n) is 7.61. The van der Waals surface area contributed by atoms with E-state index in [9.17, 15) is 4.79 Å². The Morgan fingerprint density at radius 3 is 3.00 bits per heavy atom. The Hall–Kier alpha value is -1.55. The fourth-order valence-electron chi connectivity index (χ4n) is 1.22. The molecule has 0 saturated heterocycles. The molecule has 72 valence electrons. The van der Waals surface area contributed by atoms with E-state index in [4.69, 9.17) is 0 Å². The fraction of sp³-hybridized carbons (Fsp3) is 0.100. The van der Waals surface area contributed by atoms with E-state index >= 15 is 0 Å². The number of H-pyrrole nitrogens is 1. The summed E-state index contributed by atoms with van der Waals surface area (Å²) in [6, 6.07) is 3.79. The molecule has 0 aliphatic carbocycles. The molecule has 0 saturated carbocycles. The molecule has 0 amide bonds. The van der Waals surface area contributed by atoms with Crippen molar-refractivity contribution < 1.29 is 9.53 Å². The number of hydrogen-bond acceptors (Lipinski definition) is 3. The van der Waals surface area contributed by atoms with Crippen LogP contribution < -0.4 is 0 Å².